The van der Waals surface area contributed by atoms with Gasteiger partial charge in [-0.1, -0.05) is 6.92 Å². The highest BCUT2D eigenvalue weighted by Gasteiger charge is 2.17. The van der Waals surface area contributed by atoms with Crippen LogP contribution in [0.2, 0.25) is 0 Å². The summed E-state index contributed by atoms with van der Waals surface area (Å²) in [6.07, 6.45) is 0.829. The van der Waals surface area contributed by atoms with Crippen molar-refractivity contribution in [3.05, 3.63) is 17.6 Å². The van der Waals surface area contributed by atoms with Gasteiger partial charge in [-0.25, -0.2) is 14.8 Å². The molecule has 116 valence electrons. The number of anilines is 1. The second-order valence-electron chi connectivity index (χ2n) is 4.41. The van der Waals surface area contributed by atoms with Crippen LogP contribution in [0.4, 0.5) is 5.82 Å². The van der Waals surface area contributed by atoms with Crippen LogP contribution in [0.15, 0.2) is 6.07 Å². The zero-order chi connectivity index (χ0) is 15.8. The average Bonchev–Trinajstić information content (AvgIpc) is 2.45. The molecule has 0 aliphatic carbocycles. The second kappa shape index (κ2) is 8.18. The predicted molar refractivity (Wildman–Crippen MR) is 77.2 cm³/mol. The average molecular weight is 295 g/mol. The van der Waals surface area contributed by atoms with Gasteiger partial charge in [-0.05, 0) is 20.3 Å². The Balaban J connectivity index is 3.04. The molecule has 0 N–H and O–H groups in total. The Morgan fingerprint density at radius 1 is 1.29 bits per heavy atom. The number of hydrogen-bond donors (Lipinski definition) is 0. The van der Waals surface area contributed by atoms with Crippen molar-refractivity contribution in [1.29, 1.82) is 0 Å². The largest absolute Gasteiger partial charge is 0.465 e. The van der Waals surface area contributed by atoms with Crippen molar-refractivity contribution in [2.24, 2.45) is 0 Å². The predicted octanol–water partition coefficient (Wildman–Crippen LogP) is 1.35. The fourth-order valence-corrected chi connectivity index (χ4v) is 1.80. The lowest BCUT2D eigenvalue weighted by Gasteiger charge is -2.22. The molecule has 0 aromatic carbocycles. The normalized spacial score (nSPS) is 10.1. The lowest BCUT2D eigenvalue weighted by Crippen LogP contribution is -2.33. The molecule has 0 spiro atoms. The van der Waals surface area contributed by atoms with Gasteiger partial charge < -0.3 is 14.4 Å². The minimum Gasteiger partial charge on any atom is -0.465 e. The highest BCUT2D eigenvalue weighted by Crippen LogP contribution is 2.14. The number of hydrogen-bond acceptors (Lipinski definition) is 7. The van der Waals surface area contributed by atoms with E-state index in [0.717, 1.165) is 6.42 Å². The van der Waals surface area contributed by atoms with Crippen LogP contribution in [0.1, 0.15) is 36.6 Å². The van der Waals surface area contributed by atoms with Crippen molar-refractivity contribution < 1.29 is 19.1 Å². The fraction of sp³-hybridized carbons (Fsp3) is 0.571. The first-order valence-electron chi connectivity index (χ1n) is 6.86. The van der Waals surface area contributed by atoms with E-state index < -0.39 is 5.97 Å². The summed E-state index contributed by atoms with van der Waals surface area (Å²) in [7, 11) is 1.27. The van der Waals surface area contributed by atoms with Crippen LogP contribution >= 0.6 is 0 Å². The first kappa shape index (κ1) is 16.9. The minimum absolute atomic E-state index is 0.0162. The van der Waals surface area contributed by atoms with Crippen molar-refractivity contribution in [1.82, 2.24) is 9.97 Å². The van der Waals surface area contributed by atoms with E-state index in [9.17, 15) is 9.59 Å². The van der Waals surface area contributed by atoms with E-state index in [1.165, 1.54) is 7.11 Å². The molecule has 0 atom stereocenters. The number of aromatic nitrogens is 2. The summed E-state index contributed by atoms with van der Waals surface area (Å²) in [5.74, 6) is -0.440. The molecule has 7 heteroatoms. The number of carbonyl (C=O) groups is 2. The number of aryl methyl sites for hydroxylation is 1. The van der Waals surface area contributed by atoms with Crippen LogP contribution < -0.4 is 4.90 Å². The van der Waals surface area contributed by atoms with Gasteiger partial charge in [0.15, 0.2) is 0 Å². The van der Waals surface area contributed by atoms with Crippen molar-refractivity contribution in [3.63, 3.8) is 0 Å². The molecule has 0 aliphatic heterocycles. The third kappa shape index (κ3) is 5.02. The Morgan fingerprint density at radius 3 is 2.57 bits per heavy atom. The molecule has 0 fully saturated rings. The zero-order valence-corrected chi connectivity index (χ0v) is 12.9. The molecule has 0 bridgehead atoms. The Morgan fingerprint density at radius 2 is 2.00 bits per heavy atom. The summed E-state index contributed by atoms with van der Waals surface area (Å²) >= 11 is 0. The van der Waals surface area contributed by atoms with Gasteiger partial charge in [-0.15, -0.1) is 0 Å². The van der Waals surface area contributed by atoms with E-state index in [2.05, 4.69) is 14.7 Å². The third-order valence-electron chi connectivity index (χ3n) is 2.65. The molecule has 0 unspecified atom stereocenters. The lowest BCUT2D eigenvalue weighted by atomic mass is 10.3. The monoisotopic (exact) mass is 295 g/mol. The van der Waals surface area contributed by atoms with Gasteiger partial charge in [-0.3, -0.25) is 4.79 Å². The molecule has 1 rings (SSSR count). The van der Waals surface area contributed by atoms with E-state index in [4.69, 9.17) is 4.74 Å². The summed E-state index contributed by atoms with van der Waals surface area (Å²) in [5, 5.41) is 0. The molecule has 0 aliphatic rings. The Labute approximate surface area is 124 Å². The van der Waals surface area contributed by atoms with Crippen molar-refractivity contribution >= 4 is 17.8 Å². The Kier molecular flexibility index (Phi) is 6.58. The van der Waals surface area contributed by atoms with E-state index in [1.54, 1.807) is 24.8 Å². The minimum atomic E-state index is -0.604. The van der Waals surface area contributed by atoms with E-state index in [0.29, 0.717) is 24.7 Å². The molecule has 0 saturated heterocycles. The van der Waals surface area contributed by atoms with Crippen molar-refractivity contribution in [2.45, 2.75) is 27.2 Å². The first-order chi connectivity index (χ1) is 10.0. The molecule has 1 aromatic rings. The topological polar surface area (TPSA) is 81.6 Å². The second-order valence-corrected chi connectivity index (χ2v) is 4.41. The summed E-state index contributed by atoms with van der Waals surface area (Å²) < 4.78 is 9.59. The van der Waals surface area contributed by atoms with Gasteiger partial charge in [0.2, 0.25) is 5.82 Å². The smallest absolute Gasteiger partial charge is 0.376 e. The van der Waals surface area contributed by atoms with Crippen molar-refractivity contribution in [2.75, 3.05) is 31.7 Å². The van der Waals surface area contributed by atoms with Crippen molar-refractivity contribution in [3.8, 4) is 0 Å². The number of esters is 2. The summed E-state index contributed by atoms with van der Waals surface area (Å²) in [4.78, 5) is 33.2. The van der Waals surface area contributed by atoms with Crippen LogP contribution in [0.25, 0.3) is 0 Å². The van der Waals surface area contributed by atoms with E-state index >= 15 is 0 Å². The van der Waals surface area contributed by atoms with Crippen LogP contribution in [0.3, 0.4) is 0 Å². The van der Waals surface area contributed by atoms with Gasteiger partial charge in [0.05, 0.1) is 13.7 Å². The highest BCUT2D eigenvalue weighted by molar-refractivity contribution is 5.85. The van der Waals surface area contributed by atoms with E-state index in [1.807, 2.05) is 6.92 Å². The maximum absolute atomic E-state index is 11.7. The molecule has 7 nitrogen and oxygen atoms in total. The zero-order valence-electron chi connectivity index (χ0n) is 12.9. The first-order valence-corrected chi connectivity index (χ1v) is 6.86. The number of ether oxygens (including phenoxy) is 2. The van der Waals surface area contributed by atoms with Crippen LogP contribution in [-0.2, 0) is 14.3 Å². The van der Waals surface area contributed by atoms with Gasteiger partial charge in [-0.2, -0.15) is 0 Å². The fourth-order valence-electron chi connectivity index (χ4n) is 1.80. The standard InChI is InChI=1S/C14H21N3O4/c1-5-7-17(9-12(18)21-6-2)11-8-10(3)15-13(16-11)14(19)20-4/h8H,5-7,9H2,1-4H3. The maximum Gasteiger partial charge on any atom is 0.376 e. The Bertz CT molecular complexity index is 505. The van der Waals surface area contributed by atoms with Gasteiger partial charge in [0.25, 0.3) is 0 Å². The third-order valence-corrected chi connectivity index (χ3v) is 2.65. The molecule has 0 amide bonds. The molecule has 0 radical (unpaired) electrons. The van der Waals surface area contributed by atoms with Gasteiger partial charge >= 0.3 is 11.9 Å². The molecule has 1 aromatic heterocycles. The maximum atomic E-state index is 11.7. The molecular formula is C14H21N3O4. The summed E-state index contributed by atoms with van der Waals surface area (Å²) in [6, 6.07) is 1.72. The molecule has 1 heterocycles. The summed E-state index contributed by atoms with van der Waals surface area (Å²) in [5.41, 5.74) is 0.630. The number of rotatable bonds is 7. The van der Waals surface area contributed by atoms with Gasteiger partial charge in [0.1, 0.15) is 12.4 Å². The van der Waals surface area contributed by atoms with Gasteiger partial charge in [0, 0.05) is 18.3 Å². The highest BCUT2D eigenvalue weighted by atomic mass is 16.5. The number of methoxy groups -OCH3 is 1. The van der Waals surface area contributed by atoms with Crippen LogP contribution in [-0.4, -0.2) is 48.7 Å². The Hall–Kier alpha value is -2.18. The molecule has 21 heavy (non-hydrogen) atoms. The number of nitrogens with zero attached hydrogens (tertiary/aromatic N) is 3. The molecular weight excluding hydrogens is 274 g/mol. The van der Waals surface area contributed by atoms with Crippen LogP contribution in [0, 0.1) is 6.92 Å². The van der Waals surface area contributed by atoms with Crippen LogP contribution in [0.5, 0.6) is 0 Å². The van der Waals surface area contributed by atoms with E-state index in [-0.39, 0.29) is 18.3 Å². The SMILES string of the molecule is CCCN(CC(=O)OCC)c1cc(C)nc(C(=O)OC)n1. The number of carbonyl (C=O) groups excluding carboxylic acids is 2. The molecule has 0 saturated carbocycles. The lowest BCUT2D eigenvalue weighted by molar-refractivity contribution is -0.141. The quantitative estimate of drug-likeness (QED) is 0.702. The summed E-state index contributed by atoms with van der Waals surface area (Å²) in [6.45, 7) is 6.54.